The lowest BCUT2D eigenvalue weighted by Crippen LogP contribution is -2.47. The number of fused-ring (bicyclic) bond motifs is 1. The van der Waals surface area contributed by atoms with Crippen molar-refractivity contribution < 1.29 is 23.7 Å². The van der Waals surface area contributed by atoms with E-state index in [9.17, 15) is 4.79 Å². The summed E-state index contributed by atoms with van der Waals surface area (Å²) >= 11 is 0. The molecule has 3 aliphatic heterocycles. The number of hydrogen-bond donors (Lipinski definition) is 0. The van der Waals surface area contributed by atoms with Crippen LogP contribution in [0.5, 0.6) is 11.5 Å². The second-order valence-electron chi connectivity index (χ2n) is 10.0. The van der Waals surface area contributed by atoms with Crippen LogP contribution in [0, 0.1) is 11.8 Å². The molecule has 1 unspecified atom stereocenters. The number of nitrogens with zero attached hydrogens (tertiary/aromatic N) is 2. The first-order valence-corrected chi connectivity index (χ1v) is 12.8. The summed E-state index contributed by atoms with van der Waals surface area (Å²) in [5.41, 5.74) is 1.17. The Labute approximate surface area is 197 Å². The average Bonchev–Trinajstić information content (AvgIpc) is 3.34. The standard InChI is InChI=1S/C26H38N2O5/c29-22(17-23-18-30-14-15-31-23)16-21-6-4-20(5-7-21)8-9-27-10-12-28(13-11-27)24-2-1-3-25-26(24)33-19-32-25/h1-3,20-21,23H,4-19H2. The van der Waals surface area contributed by atoms with Crippen LogP contribution in [0.25, 0.3) is 0 Å². The number of para-hydroxylation sites is 1. The fraction of sp³-hybridized carbons (Fsp3) is 0.731. The largest absolute Gasteiger partial charge is 0.454 e. The van der Waals surface area contributed by atoms with Gasteiger partial charge in [-0.15, -0.1) is 0 Å². The van der Waals surface area contributed by atoms with Gasteiger partial charge in [-0.05, 0) is 49.8 Å². The number of anilines is 1. The molecule has 33 heavy (non-hydrogen) atoms. The fourth-order valence-corrected chi connectivity index (χ4v) is 5.78. The van der Waals surface area contributed by atoms with Crippen molar-refractivity contribution in [2.24, 2.45) is 11.8 Å². The highest BCUT2D eigenvalue weighted by Gasteiger charge is 2.27. The first kappa shape index (κ1) is 22.9. The highest BCUT2D eigenvalue weighted by Crippen LogP contribution is 2.41. The maximum Gasteiger partial charge on any atom is 0.231 e. The Hall–Kier alpha value is -1.83. The molecule has 7 nitrogen and oxygen atoms in total. The Bertz CT molecular complexity index is 781. The number of carbonyl (C=O) groups is 1. The predicted molar refractivity (Wildman–Crippen MR) is 126 cm³/mol. The average molecular weight is 459 g/mol. The zero-order valence-electron chi connectivity index (χ0n) is 19.7. The molecule has 5 rings (SSSR count). The molecule has 3 fully saturated rings. The van der Waals surface area contributed by atoms with Crippen LogP contribution in [0.4, 0.5) is 5.69 Å². The number of ether oxygens (including phenoxy) is 4. The molecule has 0 N–H and O–H groups in total. The second-order valence-corrected chi connectivity index (χ2v) is 10.0. The molecular formula is C26H38N2O5. The van der Waals surface area contributed by atoms with Crippen molar-refractivity contribution in [3.63, 3.8) is 0 Å². The Morgan fingerprint density at radius 3 is 2.55 bits per heavy atom. The highest BCUT2D eigenvalue weighted by molar-refractivity contribution is 5.79. The van der Waals surface area contributed by atoms with Gasteiger partial charge in [0.25, 0.3) is 0 Å². The summed E-state index contributed by atoms with van der Waals surface area (Å²) in [5, 5.41) is 0. The maximum absolute atomic E-state index is 12.4. The summed E-state index contributed by atoms with van der Waals surface area (Å²) in [5.74, 6) is 3.50. The molecule has 3 heterocycles. The number of benzene rings is 1. The lowest BCUT2D eigenvalue weighted by molar-refractivity contribution is -0.130. The van der Waals surface area contributed by atoms with Crippen LogP contribution in [-0.4, -0.2) is 76.1 Å². The summed E-state index contributed by atoms with van der Waals surface area (Å²) in [6, 6.07) is 6.17. The van der Waals surface area contributed by atoms with E-state index in [4.69, 9.17) is 18.9 Å². The van der Waals surface area contributed by atoms with Gasteiger partial charge >= 0.3 is 0 Å². The molecule has 1 aliphatic carbocycles. The number of piperazine rings is 1. The highest BCUT2D eigenvalue weighted by atomic mass is 16.7. The molecule has 7 heteroatoms. The van der Waals surface area contributed by atoms with Crippen LogP contribution in [0.2, 0.25) is 0 Å². The molecule has 0 spiro atoms. The molecule has 1 atom stereocenters. The summed E-state index contributed by atoms with van der Waals surface area (Å²) in [6.07, 6.45) is 7.46. The van der Waals surface area contributed by atoms with E-state index in [1.807, 2.05) is 6.07 Å². The van der Waals surface area contributed by atoms with Gasteiger partial charge in [0.05, 0.1) is 31.6 Å². The van der Waals surface area contributed by atoms with Crippen molar-refractivity contribution >= 4 is 11.5 Å². The third-order valence-electron chi connectivity index (χ3n) is 7.77. The van der Waals surface area contributed by atoms with E-state index in [2.05, 4.69) is 21.9 Å². The molecule has 2 saturated heterocycles. The predicted octanol–water partition coefficient (Wildman–Crippen LogP) is 3.50. The van der Waals surface area contributed by atoms with Crippen molar-refractivity contribution in [2.75, 3.05) is 64.2 Å². The lowest BCUT2D eigenvalue weighted by atomic mass is 9.78. The molecule has 1 aromatic carbocycles. The van der Waals surface area contributed by atoms with Crippen LogP contribution in [0.15, 0.2) is 18.2 Å². The minimum Gasteiger partial charge on any atom is -0.454 e. The molecule has 1 aromatic rings. The van der Waals surface area contributed by atoms with Crippen LogP contribution in [0.1, 0.15) is 44.9 Å². The monoisotopic (exact) mass is 458 g/mol. The molecule has 0 bridgehead atoms. The van der Waals surface area contributed by atoms with Gasteiger partial charge in [-0.25, -0.2) is 0 Å². The molecular weight excluding hydrogens is 420 g/mol. The molecule has 182 valence electrons. The Morgan fingerprint density at radius 1 is 0.939 bits per heavy atom. The molecule has 0 aromatic heterocycles. The smallest absolute Gasteiger partial charge is 0.231 e. The van der Waals surface area contributed by atoms with Crippen molar-refractivity contribution in [1.29, 1.82) is 0 Å². The van der Waals surface area contributed by atoms with Crippen molar-refractivity contribution in [3.8, 4) is 11.5 Å². The van der Waals surface area contributed by atoms with E-state index in [0.29, 0.717) is 44.7 Å². The SMILES string of the molecule is O=C(CC1CCC(CCN2CCN(c3cccc4c3OCO4)CC2)CC1)CC1COCCO1. The first-order chi connectivity index (χ1) is 16.2. The normalized spacial score (nSPS) is 28.1. The zero-order valence-corrected chi connectivity index (χ0v) is 19.7. The van der Waals surface area contributed by atoms with Gasteiger partial charge in [-0.2, -0.15) is 0 Å². The number of ketones is 1. The first-order valence-electron chi connectivity index (χ1n) is 12.8. The Kier molecular flexibility index (Phi) is 7.69. The number of Topliss-reactive ketones (excluding diaryl/α,β-unsaturated/α-hetero) is 1. The summed E-state index contributed by atoms with van der Waals surface area (Å²) in [6.45, 7) is 7.62. The van der Waals surface area contributed by atoms with Gasteiger partial charge in [0.2, 0.25) is 6.79 Å². The minimum absolute atomic E-state index is 0.0216. The molecule has 4 aliphatic rings. The third-order valence-corrected chi connectivity index (χ3v) is 7.77. The molecule has 1 saturated carbocycles. The Balaban J connectivity index is 0.980. The van der Waals surface area contributed by atoms with E-state index in [0.717, 1.165) is 50.0 Å². The van der Waals surface area contributed by atoms with Crippen molar-refractivity contribution in [3.05, 3.63) is 18.2 Å². The van der Waals surface area contributed by atoms with Crippen LogP contribution < -0.4 is 14.4 Å². The number of hydrogen-bond acceptors (Lipinski definition) is 7. The van der Waals surface area contributed by atoms with Gasteiger partial charge in [0.1, 0.15) is 5.78 Å². The summed E-state index contributed by atoms with van der Waals surface area (Å²) in [4.78, 5) is 17.5. The van der Waals surface area contributed by atoms with Crippen LogP contribution in [0.3, 0.4) is 0 Å². The maximum atomic E-state index is 12.4. The summed E-state index contributed by atoms with van der Waals surface area (Å²) < 4.78 is 22.3. The second kappa shape index (κ2) is 11.1. The van der Waals surface area contributed by atoms with Crippen LogP contribution in [-0.2, 0) is 14.3 Å². The summed E-state index contributed by atoms with van der Waals surface area (Å²) in [7, 11) is 0. The number of carbonyl (C=O) groups excluding carboxylic acids is 1. The van der Waals surface area contributed by atoms with E-state index >= 15 is 0 Å². The number of rotatable bonds is 8. The van der Waals surface area contributed by atoms with Crippen molar-refractivity contribution in [2.45, 2.75) is 51.0 Å². The Morgan fingerprint density at radius 2 is 1.76 bits per heavy atom. The molecule has 0 radical (unpaired) electrons. The quantitative estimate of drug-likeness (QED) is 0.591. The van der Waals surface area contributed by atoms with Crippen LogP contribution >= 0.6 is 0 Å². The third kappa shape index (κ3) is 6.00. The minimum atomic E-state index is -0.0216. The lowest BCUT2D eigenvalue weighted by Gasteiger charge is -2.37. The van der Waals surface area contributed by atoms with Crippen molar-refractivity contribution in [1.82, 2.24) is 4.90 Å². The van der Waals surface area contributed by atoms with Gasteiger partial charge in [0.15, 0.2) is 11.5 Å². The topological polar surface area (TPSA) is 60.5 Å². The van der Waals surface area contributed by atoms with Gasteiger partial charge in [-0.3, -0.25) is 9.69 Å². The van der Waals surface area contributed by atoms with E-state index in [1.165, 1.54) is 44.3 Å². The van der Waals surface area contributed by atoms with E-state index < -0.39 is 0 Å². The van der Waals surface area contributed by atoms with Gasteiger partial charge in [0, 0.05) is 39.0 Å². The van der Waals surface area contributed by atoms with E-state index in [1.54, 1.807) is 0 Å². The van der Waals surface area contributed by atoms with E-state index in [-0.39, 0.29) is 6.10 Å². The zero-order chi connectivity index (χ0) is 22.5. The van der Waals surface area contributed by atoms with Gasteiger partial charge < -0.3 is 23.8 Å². The van der Waals surface area contributed by atoms with Gasteiger partial charge in [-0.1, -0.05) is 18.9 Å². The fourth-order valence-electron chi connectivity index (χ4n) is 5.78. The molecule has 0 amide bonds.